The van der Waals surface area contributed by atoms with Crippen molar-refractivity contribution in [1.82, 2.24) is 9.88 Å². The molecule has 118 valence electrons. The van der Waals surface area contributed by atoms with Crippen LogP contribution in [0.2, 0.25) is 0 Å². The molecule has 24 heavy (non-hydrogen) atoms. The minimum Gasteiger partial charge on any atom is -0.284 e. The Bertz CT molecular complexity index is 783. The number of nitrogens with zero attached hydrogens (tertiary/aromatic N) is 2. The summed E-state index contributed by atoms with van der Waals surface area (Å²) in [5, 5.41) is 0. The average molecular weight is 312 g/mol. The van der Waals surface area contributed by atoms with Gasteiger partial charge in [0.2, 0.25) is 0 Å². The molecule has 0 saturated carbocycles. The number of fused-ring (bicyclic) bond motifs is 1. The first-order chi connectivity index (χ1) is 11.9. The highest BCUT2D eigenvalue weighted by molar-refractivity contribution is 5.62. The molecule has 0 spiro atoms. The summed E-state index contributed by atoms with van der Waals surface area (Å²) in [5.41, 5.74) is 5.29. The van der Waals surface area contributed by atoms with E-state index >= 15 is 0 Å². The van der Waals surface area contributed by atoms with Crippen LogP contribution in [0.4, 0.5) is 0 Å². The highest BCUT2D eigenvalue weighted by Crippen LogP contribution is 2.34. The third kappa shape index (κ3) is 3.15. The van der Waals surface area contributed by atoms with Crippen LogP contribution in [0.5, 0.6) is 0 Å². The van der Waals surface area contributed by atoms with Gasteiger partial charge in [0.1, 0.15) is 0 Å². The van der Waals surface area contributed by atoms with Gasteiger partial charge in [-0.15, -0.1) is 0 Å². The number of benzene rings is 2. The number of aromatic nitrogens is 1. The van der Waals surface area contributed by atoms with Gasteiger partial charge in [0, 0.05) is 25.5 Å². The molecule has 0 aliphatic heterocycles. The molecule has 0 saturated heterocycles. The van der Waals surface area contributed by atoms with Gasteiger partial charge in [-0.1, -0.05) is 72.8 Å². The standard InChI is InChI=1S/C22H20N2/c1-2-7-18(8-3-1)16-24(17-19-9-6-14-23-15-19)22-13-12-20-10-4-5-11-21(20)22/h1-15,22H,16-17H2. The molecule has 1 aromatic heterocycles. The van der Waals surface area contributed by atoms with Crippen LogP contribution in [0.3, 0.4) is 0 Å². The Morgan fingerprint density at radius 1 is 0.792 bits per heavy atom. The van der Waals surface area contributed by atoms with E-state index in [1.807, 2.05) is 18.5 Å². The van der Waals surface area contributed by atoms with E-state index in [2.05, 4.69) is 82.7 Å². The van der Waals surface area contributed by atoms with E-state index in [9.17, 15) is 0 Å². The fourth-order valence-corrected chi connectivity index (χ4v) is 3.35. The van der Waals surface area contributed by atoms with Crippen LogP contribution in [0.15, 0.2) is 85.2 Å². The fourth-order valence-electron chi connectivity index (χ4n) is 3.35. The van der Waals surface area contributed by atoms with Gasteiger partial charge in [0.25, 0.3) is 0 Å². The summed E-state index contributed by atoms with van der Waals surface area (Å²) in [7, 11) is 0. The monoisotopic (exact) mass is 312 g/mol. The molecular formula is C22H20N2. The molecular weight excluding hydrogens is 292 g/mol. The lowest BCUT2D eigenvalue weighted by Gasteiger charge is -2.29. The number of hydrogen-bond acceptors (Lipinski definition) is 2. The molecule has 0 amide bonds. The molecule has 1 atom stereocenters. The summed E-state index contributed by atoms with van der Waals surface area (Å²) >= 11 is 0. The maximum absolute atomic E-state index is 4.27. The molecule has 0 N–H and O–H groups in total. The second-order valence-electron chi connectivity index (χ2n) is 6.18. The minimum absolute atomic E-state index is 0.307. The van der Waals surface area contributed by atoms with Crippen LogP contribution < -0.4 is 0 Å². The maximum Gasteiger partial charge on any atom is 0.0547 e. The summed E-state index contributed by atoms with van der Waals surface area (Å²) in [6.45, 7) is 1.80. The van der Waals surface area contributed by atoms with Crippen molar-refractivity contribution in [1.29, 1.82) is 0 Å². The molecule has 1 heterocycles. The largest absolute Gasteiger partial charge is 0.284 e. The van der Waals surface area contributed by atoms with Gasteiger partial charge >= 0.3 is 0 Å². The van der Waals surface area contributed by atoms with E-state index in [1.165, 1.54) is 22.3 Å². The molecule has 2 nitrogen and oxygen atoms in total. The van der Waals surface area contributed by atoms with Gasteiger partial charge in [0.05, 0.1) is 6.04 Å². The number of hydrogen-bond donors (Lipinski definition) is 0. The Balaban J connectivity index is 1.64. The molecule has 1 aliphatic rings. The summed E-state index contributed by atoms with van der Waals surface area (Å²) in [6.07, 6.45) is 8.34. The van der Waals surface area contributed by atoms with Crippen molar-refractivity contribution in [3.05, 3.63) is 107 Å². The topological polar surface area (TPSA) is 16.1 Å². The van der Waals surface area contributed by atoms with E-state index in [0.29, 0.717) is 6.04 Å². The molecule has 1 aliphatic carbocycles. The lowest BCUT2D eigenvalue weighted by atomic mass is 10.0. The van der Waals surface area contributed by atoms with Crippen molar-refractivity contribution < 1.29 is 0 Å². The van der Waals surface area contributed by atoms with Crippen molar-refractivity contribution in [3.8, 4) is 0 Å². The van der Waals surface area contributed by atoms with Crippen LogP contribution in [-0.4, -0.2) is 9.88 Å². The summed E-state index contributed by atoms with van der Waals surface area (Å²) in [6, 6.07) is 23.8. The molecule has 2 aromatic carbocycles. The van der Waals surface area contributed by atoms with Gasteiger partial charge in [-0.3, -0.25) is 9.88 Å². The number of rotatable bonds is 5. The Kier molecular flexibility index (Phi) is 4.22. The fraction of sp³-hybridized carbons (Fsp3) is 0.136. The van der Waals surface area contributed by atoms with Crippen molar-refractivity contribution >= 4 is 6.08 Å². The van der Waals surface area contributed by atoms with E-state index in [4.69, 9.17) is 0 Å². The van der Waals surface area contributed by atoms with Crippen LogP contribution in [-0.2, 0) is 13.1 Å². The average Bonchev–Trinajstić information content (AvgIpc) is 3.07. The van der Waals surface area contributed by atoms with Crippen molar-refractivity contribution in [2.45, 2.75) is 19.1 Å². The summed E-state index contributed by atoms with van der Waals surface area (Å²) in [4.78, 5) is 6.78. The Morgan fingerprint density at radius 3 is 2.38 bits per heavy atom. The van der Waals surface area contributed by atoms with Crippen LogP contribution in [0, 0.1) is 0 Å². The summed E-state index contributed by atoms with van der Waals surface area (Å²) < 4.78 is 0. The van der Waals surface area contributed by atoms with Gasteiger partial charge in [-0.25, -0.2) is 0 Å². The van der Waals surface area contributed by atoms with Crippen molar-refractivity contribution in [2.24, 2.45) is 0 Å². The van der Waals surface area contributed by atoms with Gasteiger partial charge in [-0.05, 0) is 28.3 Å². The quantitative estimate of drug-likeness (QED) is 0.669. The highest BCUT2D eigenvalue weighted by Gasteiger charge is 2.23. The molecule has 4 rings (SSSR count). The van der Waals surface area contributed by atoms with E-state index < -0.39 is 0 Å². The Labute approximate surface area is 143 Å². The summed E-state index contributed by atoms with van der Waals surface area (Å²) in [5.74, 6) is 0. The Hall–Kier alpha value is -2.71. The number of pyridine rings is 1. The zero-order valence-electron chi connectivity index (χ0n) is 13.5. The predicted molar refractivity (Wildman–Crippen MR) is 98.1 cm³/mol. The molecule has 0 fully saturated rings. The normalized spacial score (nSPS) is 15.6. The molecule has 3 aromatic rings. The zero-order valence-corrected chi connectivity index (χ0v) is 13.5. The van der Waals surface area contributed by atoms with Gasteiger partial charge in [0.15, 0.2) is 0 Å². The first-order valence-electron chi connectivity index (χ1n) is 8.34. The molecule has 0 bridgehead atoms. The Morgan fingerprint density at radius 2 is 1.54 bits per heavy atom. The van der Waals surface area contributed by atoms with Crippen LogP contribution in [0.1, 0.15) is 28.3 Å². The maximum atomic E-state index is 4.27. The molecule has 1 unspecified atom stereocenters. The third-order valence-corrected chi connectivity index (χ3v) is 4.50. The third-order valence-electron chi connectivity index (χ3n) is 4.50. The van der Waals surface area contributed by atoms with Gasteiger partial charge < -0.3 is 0 Å². The van der Waals surface area contributed by atoms with Crippen molar-refractivity contribution in [2.75, 3.05) is 0 Å². The van der Waals surface area contributed by atoms with Crippen LogP contribution in [0.25, 0.3) is 6.08 Å². The van der Waals surface area contributed by atoms with Crippen molar-refractivity contribution in [3.63, 3.8) is 0 Å². The molecule has 2 heteroatoms. The first kappa shape index (κ1) is 14.9. The smallest absolute Gasteiger partial charge is 0.0547 e. The minimum atomic E-state index is 0.307. The second kappa shape index (κ2) is 6.81. The predicted octanol–water partition coefficient (Wildman–Crippen LogP) is 4.85. The second-order valence-corrected chi connectivity index (χ2v) is 6.18. The molecule has 0 radical (unpaired) electrons. The lowest BCUT2D eigenvalue weighted by Crippen LogP contribution is -2.26. The first-order valence-corrected chi connectivity index (χ1v) is 8.34. The van der Waals surface area contributed by atoms with E-state index in [1.54, 1.807) is 0 Å². The highest BCUT2D eigenvalue weighted by atomic mass is 15.2. The lowest BCUT2D eigenvalue weighted by molar-refractivity contribution is 0.214. The van der Waals surface area contributed by atoms with Gasteiger partial charge in [-0.2, -0.15) is 0 Å². The van der Waals surface area contributed by atoms with Crippen LogP contribution >= 0.6 is 0 Å². The van der Waals surface area contributed by atoms with E-state index in [-0.39, 0.29) is 0 Å². The van der Waals surface area contributed by atoms with E-state index in [0.717, 1.165) is 13.1 Å². The zero-order chi connectivity index (χ0) is 16.2. The SMILES string of the molecule is C1=CC(N(Cc2ccccc2)Cc2cccnc2)c2ccccc21.